The van der Waals surface area contributed by atoms with Crippen LogP contribution in [0.15, 0.2) is 72.8 Å². The van der Waals surface area contributed by atoms with Gasteiger partial charge in [0.15, 0.2) is 0 Å². The number of allylic oxidation sites excluding steroid dienone is 1. The van der Waals surface area contributed by atoms with Crippen molar-refractivity contribution in [1.29, 1.82) is 0 Å². The van der Waals surface area contributed by atoms with E-state index in [-0.39, 0.29) is 4.75 Å². The van der Waals surface area contributed by atoms with Crippen LogP contribution in [0.5, 0.6) is 0 Å². The predicted octanol–water partition coefficient (Wildman–Crippen LogP) is 5.01. The molecular weight excluding hydrogens is 248 g/mol. The Labute approximate surface area is 119 Å². The van der Waals surface area contributed by atoms with Crippen molar-refractivity contribution in [3.63, 3.8) is 0 Å². The maximum absolute atomic E-state index is 2.33. The molecule has 0 N–H and O–H groups in total. The monoisotopic (exact) mass is 266 g/mol. The highest BCUT2D eigenvalue weighted by atomic mass is 32.2. The number of benzene rings is 2. The van der Waals surface area contributed by atoms with Crippen molar-refractivity contribution in [3.05, 3.63) is 83.9 Å². The molecule has 0 amide bonds. The lowest BCUT2D eigenvalue weighted by atomic mass is 9.87. The average molecular weight is 266 g/mol. The highest BCUT2D eigenvalue weighted by Crippen LogP contribution is 2.50. The molecule has 2 aromatic carbocycles. The van der Waals surface area contributed by atoms with Gasteiger partial charge in [-0.15, -0.1) is 11.8 Å². The topological polar surface area (TPSA) is 0 Å². The first-order valence-electron chi connectivity index (χ1n) is 6.77. The third-order valence-electron chi connectivity index (χ3n) is 3.68. The summed E-state index contributed by atoms with van der Waals surface area (Å²) in [6.07, 6.45) is 5.71. The Balaban J connectivity index is 2.14. The summed E-state index contributed by atoms with van der Waals surface area (Å²) in [5, 5.41) is 0.550. The summed E-state index contributed by atoms with van der Waals surface area (Å²) in [4.78, 5) is 0. The van der Waals surface area contributed by atoms with E-state index >= 15 is 0 Å². The third kappa shape index (κ3) is 2.35. The maximum atomic E-state index is 2.33. The summed E-state index contributed by atoms with van der Waals surface area (Å²) in [5.74, 6) is 0. The quantitative estimate of drug-likeness (QED) is 0.688. The molecule has 0 aliphatic carbocycles. The van der Waals surface area contributed by atoms with E-state index in [9.17, 15) is 0 Å². The van der Waals surface area contributed by atoms with Crippen LogP contribution < -0.4 is 0 Å². The highest BCUT2D eigenvalue weighted by Gasteiger charge is 2.36. The summed E-state index contributed by atoms with van der Waals surface area (Å²) < 4.78 is 0.0662. The molecule has 0 saturated heterocycles. The summed E-state index contributed by atoms with van der Waals surface area (Å²) >= 11 is 2.05. The lowest BCUT2D eigenvalue weighted by Crippen LogP contribution is -2.27. The van der Waals surface area contributed by atoms with Crippen molar-refractivity contribution < 1.29 is 0 Å². The van der Waals surface area contributed by atoms with Crippen molar-refractivity contribution in [2.75, 3.05) is 0 Å². The molecule has 19 heavy (non-hydrogen) atoms. The van der Waals surface area contributed by atoms with Crippen molar-refractivity contribution >= 4 is 11.8 Å². The van der Waals surface area contributed by atoms with E-state index in [2.05, 4.69) is 91.5 Å². The molecule has 0 bridgehead atoms. The molecule has 1 heterocycles. The van der Waals surface area contributed by atoms with Gasteiger partial charge in [-0.1, -0.05) is 72.8 Å². The molecule has 0 spiro atoms. The van der Waals surface area contributed by atoms with Crippen LogP contribution >= 0.6 is 11.8 Å². The van der Waals surface area contributed by atoms with Gasteiger partial charge in [0.1, 0.15) is 0 Å². The normalized spacial score (nSPS) is 21.2. The zero-order chi connectivity index (χ0) is 13.1. The molecule has 96 valence electrons. The first-order valence-corrected chi connectivity index (χ1v) is 7.65. The van der Waals surface area contributed by atoms with Crippen molar-refractivity contribution in [2.45, 2.75) is 23.3 Å². The van der Waals surface area contributed by atoms with Crippen molar-refractivity contribution in [1.82, 2.24) is 0 Å². The van der Waals surface area contributed by atoms with Crippen molar-refractivity contribution in [3.8, 4) is 0 Å². The SMILES string of the molecule is CC1C=CCC(c2ccccc2)(c2ccccc2)S1. The minimum Gasteiger partial charge on any atom is -0.138 e. The first kappa shape index (κ1) is 12.6. The molecule has 1 aliphatic heterocycles. The summed E-state index contributed by atoms with van der Waals surface area (Å²) in [6, 6.07) is 21.8. The second-order valence-corrected chi connectivity index (χ2v) is 6.69. The van der Waals surface area contributed by atoms with Crippen molar-refractivity contribution in [2.24, 2.45) is 0 Å². The molecule has 0 fully saturated rings. The summed E-state index contributed by atoms with van der Waals surface area (Å²) in [6.45, 7) is 2.28. The van der Waals surface area contributed by atoms with Gasteiger partial charge in [-0.05, 0) is 24.5 Å². The molecule has 0 saturated carbocycles. The van der Waals surface area contributed by atoms with Gasteiger partial charge in [-0.25, -0.2) is 0 Å². The minimum atomic E-state index is 0.0662. The fourth-order valence-corrected chi connectivity index (χ4v) is 4.34. The van der Waals surface area contributed by atoms with Gasteiger partial charge in [0.05, 0.1) is 4.75 Å². The van der Waals surface area contributed by atoms with Crippen LogP contribution in [0, 0.1) is 0 Å². The van der Waals surface area contributed by atoms with E-state index in [1.165, 1.54) is 11.1 Å². The van der Waals surface area contributed by atoms with Gasteiger partial charge < -0.3 is 0 Å². The molecule has 1 aliphatic rings. The van der Waals surface area contributed by atoms with E-state index in [4.69, 9.17) is 0 Å². The van der Waals surface area contributed by atoms with E-state index in [0.29, 0.717) is 5.25 Å². The van der Waals surface area contributed by atoms with Crippen LogP contribution in [0.1, 0.15) is 24.5 Å². The summed E-state index contributed by atoms with van der Waals surface area (Å²) in [7, 11) is 0. The summed E-state index contributed by atoms with van der Waals surface area (Å²) in [5.41, 5.74) is 2.81. The van der Waals surface area contributed by atoms with Crippen LogP contribution in [-0.2, 0) is 4.75 Å². The van der Waals surface area contributed by atoms with Gasteiger partial charge in [0, 0.05) is 5.25 Å². The Kier molecular flexibility index (Phi) is 3.48. The van der Waals surface area contributed by atoms with Crippen LogP contribution in [0.25, 0.3) is 0 Å². The van der Waals surface area contributed by atoms with Crippen LogP contribution in [0.4, 0.5) is 0 Å². The van der Waals surface area contributed by atoms with Gasteiger partial charge in [0.2, 0.25) is 0 Å². The third-order valence-corrected chi connectivity index (χ3v) is 5.25. The molecule has 1 unspecified atom stereocenters. The molecular formula is C18H18S. The highest BCUT2D eigenvalue weighted by molar-refractivity contribution is 8.01. The van der Waals surface area contributed by atoms with Gasteiger partial charge in [-0.2, -0.15) is 0 Å². The average Bonchev–Trinajstić information content (AvgIpc) is 2.49. The Morgan fingerprint density at radius 3 is 1.89 bits per heavy atom. The zero-order valence-corrected chi connectivity index (χ0v) is 11.9. The Morgan fingerprint density at radius 1 is 0.895 bits per heavy atom. The predicted molar refractivity (Wildman–Crippen MR) is 84.5 cm³/mol. The van der Waals surface area contributed by atoms with E-state index in [0.717, 1.165) is 6.42 Å². The van der Waals surface area contributed by atoms with E-state index in [1.807, 2.05) is 0 Å². The fraction of sp³-hybridized carbons (Fsp3) is 0.222. The standard InChI is InChI=1S/C18H18S/c1-15-9-8-14-18(19-15,16-10-4-2-5-11-16)17-12-6-3-7-13-17/h2-13,15H,14H2,1H3. The molecule has 1 atom stereocenters. The molecule has 3 rings (SSSR count). The molecule has 0 nitrogen and oxygen atoms in total. The lowest BCUT2D eigenvalue weighted by Gasteiger charge is -2.38. The van der Waals surface area contributed by atoms with Gasteiger partial charge in [0.25, 0.3) is 0 Å². The minimum absolute atomic E-state index is 0.0662. The first-order chi connectivity index (χ1) is 9.31. The van der Waals surface area contributed by atoms with Crippen LogP contribution in [-0.4, -0.2) is 5.25 Å². The Morgan fingerprint density at radius 2 is 1.42 bits per heavy atom. The second kappa shape index (κ2) is 5.26. The number of hydrogen-bond acceptors (Lipinski definition) is 1. The van der Waals surface area contributed by atoms with E-state index < -0.39 is 0 Å². The number of hydrogen-bond donors (Lipinski definition) is 0. The molecule has 2 aromatic rings. The zero-order valence-electron chi connectivity index (χ0n) is 11.1. The largest absolute Gasteiger partial charge is 0.138 e. The Bertz CT molecular complexity index is 517. The van der Waals surface area contributed by atoms with E-state index in [1.54, 1.807) is 0 Å². The van der Waals surface area contributed by atoms with Gasteiger partial charge in [-0.3, -0.25) is 0 Å². The number of thioether (sulfide) groups is 1. The molecule has 1 heteroatoms. The molecule has 0 radical (unpaired) electrons. The van der Waals surface area contributed by atoms with Crippen LogP contribution in [0.2, 0.25) is 0 Å². The fourth-order valence-electron chi connectivity index (χ4n) is 2.78. The van der Waals surface area contributed by atoms with Gasteiger partial charge >= 0.3 is 0 Å². The smallest absolute Gasteiger partial charge is 0.0697 e. The maximum Gasteiger partial charge on any atom is 0.0697 e. The lowest BCUT2D eigenvalue weighted by molar-refractivity contribution is 0.740. The second-order valence-electron chi connectivity index (χ2n) is 5.01. The molecule has 0 aromatic heterocycles. The number of rotatable bonds is 2. The Hall–Kier alpha value is -1.47. The van der Waals surface area contributed by atoms with Crippen LogP contribution in [0.3, 0.4) is 0 Å².